The van der Waals surface area contributed by atoms with Crippen molar-refractivity contribution in [1.82, 2.24) is 25.1 Å². The van der Waals surface area contributed by atoms with Gasteiger partial charge in [-0.05, 0) is 38.8 Å². The van der Waals surface area contributed by atoms with E-state index in [1.807, 2.05) is 6.07 Å². The minimum atomic E-state index is -0.521. The molecule has 1 aliphatic carbocycles. The molecule has 3 aromatic rings. The van der Waals surface area contributed by atoms with E-state index in [2.05, 4.69) is 20.4 Å². The Kier molecular flexibility index (Phi) is 7.69. The molecule has 0 spiro atoms. The zero-order valence-electron chi connectivity index (χ0n) is 19.4. The number of rotatable bonds is 9. The van der Waals surface area contributed by atoms with Crippen LogP contribution >= 0.6 is 0 Å². The molecule has 34 heavy (non-hydrogen) atoms. The van der Waals surface area contributed by atoms with E-state index in [0.29, 0.717) is 18.3 Å². The number of carbonyl (C=O) groups is 2. The molecule has 1 fully saturated rings. The third-order valence-electron chi connectivity index (χ3n) is 5.93. The molecule has 1 saturated carbocycles. The first-order valence-corrected chi connectivity index (χ1v) is 11.6. The van der Waals surface area contributed by atoms with E-state index in [1.54, 1.807) is 30.9 Å². The maximum atomic E-state index is 12.6. The highest BCUT2D eigenvalue weighted by atomic mass is 16.5. The molecular weight excluding hydrogens is 438 g/mol. The van der Waals surface area contributed by atoms with Gasteiger partial charge in [0.05, 0.1) is 41.9 Å². The van der Waals surface area contributed by atoms with E-state index in [9.17, 15) is 9.59 Å². The molecule has 2 atom stereocenters. The maximum absolute atomic E-state index is 12.6. The summed E-state index contributed by atoms with van der Waals surface area (Å²) in [6.07, 6.45) is 10.5. The van der Waals surface area contributed by atoms with Gasteiger partial charge in [0.2, 0.25) is 0 Å². The number of nitrogens with zero attached hydrogens (tertiary/aromatic N) is 4. The summed E-state index contributed by atoms with van der Waals surface area (Å²) in [6, 6.07) is 4.06. The van der Waals surface area contributed by atoms with E-state index in [-0.39, 0.29) is 36.3 Å². The Morgan fingerprint density at radius 1 is 1.12 bits per heavy atom. The third kappa shape index (κ3) is 5.17. The largest absolute Gasteiger partial charge is 0.462 e. The fraction of sp³-hybridized carbons (Fsp3) is 0.458. The number of nitrogens with one attached hydrogen (secondary N) is 1. The van der Waals surface area contributed by atoms with Gasteiger partial charge in [-0.15, -0.1) is 0 Å². The number of carbonyl (C=O) groups excluding carboxylic acids is 2. The van der Waals surface area contributed by atoms with Crippen molar-refractivity contribution in [3.8, 4) is 6.01 Å². The van der Waals surface area contributed by atoms with Gasteiger partial charge in [0, 0.05) is 30.9 Å². The van der Waals surface area contributed by atoms with Crippen LogP contribution in [0, 0.1) is 0 Å². The van der Waals surface area contributed by atoms with Crippen LogP contribution in [0.4, 0.5) is 0 Å². The van der Waals surface area contributed by atoms with Gasteiger partial charge in [0.1, 0.15) is 6.26 Å². The fourth-order valence-corrected chi connectivity index (χ4v) is 4.38. The number of pyridine rings is 1. The van der Waals surface area contributed by atoms with Crippen molar-refractivity contribution in [2.75, 3.05) is 13.2 Å². The highest BCUT2D eigenvalue weighted by molar-refractivity contribution is 5.95. The average molecular weight is 468 g/mol. The van der Waals surface area contributed by atoms with Gasteiger partial charge in [0.25, 0.3) is 0 Å². The lowest BCUT2D eigenvalue weighted by molar-refractivity contribution is 0.0523. The van der Waals surface area contributed by atoms with Gasteiger partial charge in [0.15, 0.2) is 0 Å². The van der Waals surface area contributed by atoms with Gasteiger partial charge >= 0.3 is 18.0 Å². The predicted molar refractivity (Wildman–Crippen MR) is 122 cm³/mol. The molecule has 4 rings (SSSR count). The summed E-state index contributed by atoms with van der Waals surface area (Å²) in [5.41, 5.74) is 2.03. The lowest BCUT2D eigenvalue weighted by Gasteiger charge is -2.32. The lowest BCUT2D eigenvalue weighted by Crippen LogP contribution is -2.38. The topological polar surface area (TPSA) is 121 Å². The Labute approximate surface area is 197 Å². The van der Waals surface area contributed by atoms with Gasteiger partial charge < -0.3 is 19.2 Å². The average Bonchev–Trinajstić information content (AvgIpc) is 3.55. The van der Waals surface area contributed by atoms with Crippen LogP contribution in [0.25, 0.3) is 6.01 Å². The monoisotopic (exact) mass is 467 g/mol. The molecule has 0 aliphatic heterocycles. The summed E-state index contributed by atoms with van der Waals surface area (Å²) < 4.78 is 17.4. The zero-order chi connectivity index (χ0) is 23.9. The highest BCUT2D eigenvalue weighted by Gasteiger charge is 2.30. The number of aromatic nitrogens is 4. The Morgan fingerprint density at radius 3 is 2.68 bits per heavy atom. The number of oxazole rings is 1. The van der Waals surface area contributed by atoms with E-state index in [4.69, 9.17) is 13.9 Å². The molecule has 0 bridgehead atoms. The third-order valence-corrected chi connectivity index (χ3v) is 5.93. The normalized spacial score (nSPS) is 17.9. The predicted octanol–water partition coefficient (Wildman–Crippen LogP) is 3.42. The summed E-state index contributed by atoms with van der Waals surface area (Å²) >= 11 is 0. The summed E-state index contributed by atoms with van der Waals surface area (Å²) in [4.78, 5) is 33.4. The van der Waals surface area contributed by atoms with Crippen molar-refractivity contribution in [1.29, 1.82) is 0 Å². The maximum Gasteiger partial charge on any atom is 0.340 e. The van der Waals surface area contributed by atoms with Crippen LogP contribution in [0.1, 0.15) is 77.6 Å². The second-order valence-electron chi connectivity index (χ2n) is 8.02. The number of hydrogen-bond acceptors (Lipinski definition) is 9. The number of esters is 2. The minimum Gasteiger partial charge on any atom is -0.462 e. The first kappa shape index (κ1) is 23.6. The van der Waals surface area contributed by atoms with Crippen LogP contribution in [0.3, 0.4) is 0 Å². The van der Waals surface area contributed by atoms with Crippen molar-refractivity contribution < 1.29 is 23.5 Å². The molecule has 2 unspecified atom stereocenters. The van der Waals surface area contributed by atoms with Crippen LogP contribution in [0.2, 0.25) is 0 Å². The summed E-state index contributed by atoms with van der Waals surface area (Å²) in [5, 5.41) is 7.98. The zero-order valence-corrected chi connectivity index (χ0v) is 19.4. The molecule has 1 N–H and O–H groups in total. The van der Waals surface area contributed by atoms with E-state index >= 15 is 0 Å². The quantitative estimate of drug-likeness (QED) is 0.472. The van der Waals surface area contributed by atoms with Crippen molar-refractivity contribution in [3.63, 3.8) is 0 Å². The molecule has 10 heteroatoms. The van der Waals surface area contributed by atoms with Crippen molar-refractivity contribution >= 4 is 11.9 Å². The van der Waals surface area contributed by atoms with Crippen molar-refractivity contribution in [2.45, 2.75) is 58.0 Å². The Balaban J connectivity index is 1.55. The first-order chi connectivity index (χ1) is 16.6. The SMILES string of the molecule is CCOC(=O)c1cnc(CNC2CCCCC2c2ccnn2-c2ncco2)c(C(=O)OCC)c1. The standard InChI is InChI=1S/C24H29N5O5/c1-3-32-22(30)16-13-18(23(31)33-4-2)20(26-14-16)15-27-19-8-6-5-7-17(19)21-9-10-28-29(21)24-25-11-12-34-24/h9-14,17,19,27H,3-8,15H2,1-2H3. The van der Waals surface area contributed by atoms with Gasteiger partial charge in [-0.2, -0.15) is 9.78 Å². The molecule has 0 saturated heterocycles. The number of hydrogen-bond donors (Lipinski definition) is 1. The summed E-state index contributed by atoms with van der Waals surface area (Å²) in [6.45, 7) is 4.28. The first-order valence-electron chi connectivity index (χ1n) is 11.6. The van der Waals surface area contributed by atoms with Crippen LogP contribution in [0.15, 0.2) is 41.4 Å². The second-order valence-corrected chi connectivity index (χ2v) is 8.02. The molecule has 0 aromatic carbocycles. The van der Waals surface area contributed by atoms with Crippen LogP contribution in [0.5, 0.6) is 0 Å². The molecule has 3 aromatic heterocycles. The molecule has 180 valence electrons. The summed E-state index contributed by atoms with van der Waals surface area (Å²) in [5.74, 6) is -0.847. The minimum absolute atomic E-state index is 0.140. The van der Waals surface area contributed by atoms with Crippen molar-refractivity contribution in [3.05, 3.63) is 59.5 Å². The fourth-order valence-electron chi connectivity index (χ4n) is 4.38. The van der Waals surface area contributed by atoms with Crippen LogP contribution < -0.4 is 5.32 Å². The van der Waals surface area contributed by atoms with E-state index < -0.39 is 11.9 Å². The molecular formula is C24H29N5O5. The second kappa shape index (κ2) is 11.1. The van der Waals surface area contributed by atoms with Gasteiger partial charge in [-0.25, -0.2) is 14.6 Å². The molecule has 1 aliphatic rings. The highest BCUT2D eigenvalue weighted by Crippen LogP contribution is 2.34. The van der Waals surface area contributed by atoms with Crippen LogP contribution in [-0.4, -0.2) is 50.9 Å². The smallest absolute Gasteiger partial charge is 0.340 e. The van der Waals surface area contributed by atoms with E-state index in [0.717, 1.165) is 31.4 Å². The van der Waals surface area contributed by atoms with E-state index in [1.165, 1.54) is 18.5 Å². The van der Waals surface area contributed by atoms with Crippen molar-refractivity contribution in [2.24, 2.45) is 0 Å². The lowest BCUT2D eigenvalue weighted by atomic mass is 9.82. The summed E-state index contributed by atoms with van der Waals surface area (Å²) in [7, 11) is 0. The number of ether oxygens (including phenoxy) is 2. The molecule has 10 nitrogen and oxygen atoms in total. The molecule has 3 heterocycles. The van der Waals surface area contributed by atoms with Gasteiger partial charge in [-0.1, -0.05) is 12.8 Å². The molecule has 0 amide bonds. The molecule has 0 radical (unpaired) electrons. The van der Waals surface area contributed by atoms with Gasteiger partial charge in [-0.3, -0.25) is 4.98 Å². The Hall–Kier alpha value is -3.53. The van der Waals surface area contributed by atoms with Crippen LogP contribution in [-0.2, 0) is 16.0 Å². The Bertz CT molecular complexity index is 1110. The Morgan fingerprint density at radius 2 is 1.91 bits per heavy atom.